The summed E-state index contributed by atoms with van der Waals surface area (Å²) in [5.74, 6) is -0.961. The average Bonchev–Trinajstić information content (AvgIpc) is 2.42. The molecule has 0 saturated heterocycles. The zero-order valence-corrected chi connectivity index (χ0v) is 14.3. The number of carbonyl (C=O) groups excluding carboxylic acids is 1. The van der Waals surface area contributed by atoms with E-state index >= 15 is 0 Å². The van der Waals surface area contributed by atoms with Gasteiger partial charge >= 0.3 is 5.97 Å². The van der Waals surface area contributed by atoms with E-state index in [-0.39, 0.29) is 12.5 Å². The lowest BCUT2D eigenvalue weighted by atomic mass is 10.2. The van der Waals surface area contributed by atoms with Crippen LogP contribution >= 0.6 is 11.8 Å². The van der Waals surface area contributed by atoms with Gasteiger partial charge in [-0.1, -0.05) is 12.1 Å². The summed E-state index contributed by atoms with van der Waals surface area (Å²) in [5.41, 5.74) is 0. The van der Waals surface area contributed by atoms with Crippen LogP contribution in [0.4, 0.5) is 4.39 Å². The van der Waals surface area contributed by atoms with Gasteiger partial charge in [0.2, 0.25) is 10.0 Å². The second-order valence-corrected chi connectivity index (χ2v) is 7.54. The third-order valence-electron chi connectivity index (χ3n) is 2.67. The van der Waals surface area contributed by atoms with Crippen LogP contribution in [0.3, 0.4) is 0 Å². The molecule has 0 fully saturated rings. The highest BCUT2D eigenvalue weighted by Crippen LogP contribution is 2.15. The Bertz CT molecular complexity index is 605. The van der Waals surface area contributed by atoms with E-state index in [4.69, 9.17) is 4.74 Å². The van der Waals surface area contributed by atoms with E-state index in [0.717, 1.165) is 12.1 Å². The van der Waals surface area contributed by atoms with Crippen LogP contribution in [0.2, 0.25) is 0 Å². The fourth-order valence-electron chi connectivity index (χ4n) is 1.69. The number of thioether (sulfide) groups is 1. The summed E-state index contributed by atoms with van der Waals surface area (Å²) in [6, 6.07) is 3.97. The van der Waals surface area contributed by atoms with Gasteiger partial charge in [0.25, 0.3) is 0 Å². The van der Waals surface area contributed by atoms with Gasteiger partial charge in [-0.15, -0.1) is 0 Å². The van der Waals surface area contributed by atoms with E-state index < -0.39 is 32.7 Å². The third-order valence-corrected chi connectivity index (χ3v) is 4.82. The van der Waals surface area contributed by atoms with Crippen LogP contribution in [0, 0.1) is 5.82 Å². The zero-order chi connectivity index (χ0) is 16.8. The van der Waals surface area contributed by atoms with Crippen LogP contribution in [-0.2, 0) is 19.6 Å². The molecule has 1 atom stereocenters. The molecule has 1 aromatic carbocycles. The predicted molar refractivity (Wildman–Crippen MR) is 84.7 cm³/mol. The highest BCUT2D eigenvalue weighted by molar-refractivity contribution is 7.98. The van der Waals surface area contributed by atoms with Crippen molar-refractivity contribution in [2.24, 2.45) is 0 Å². The molecule has 0 radical (unpaired) electrons. The lowest BCUT2D eigenvalue weighted by Crippen LogP contribution is -2.43. The van der Waals surface area contributed by atoms with Gasteiger partial charge in [0.1, 0.15) is 16.8 Å². The van der Waals surface area contributed by atoms with Crippen molar-refractivity contribution in [1.82, 2.24) is 4.72 Å². The number of hydrogen-bond donors (Lipinski definition) is 1. The second-order valence-electron chi connectivity index (χ2n) is 4.87. The normalized spacial score (nSPS) is 13.1. The molecule has 0 bridgehead atoms. The molecular formula is C14H20FNO4S2. The molecule has 0 heterocycles. The van der Waals surface area contributed by atoms with Crippen molar-refractivity contribution in [2.45, 2.75) is 37.3 Å². The van der Waals surface area contributed by atoms with Crippen molar-refractivity contribution in [2.75, 3.05) is 12.0 Å². The molecule has 0 amide bonds. The zero-order valence-electron chi connectivity index (χ0n) is 12.7. The predicted octanol–water partition coefficient (Wildman–Crippen LogP) is 2.18. The van der Waals surface area contributed by atoms with Crippen molar-refractivity contribution in [3.8, 4) is 0 Å². The van der Waals surface area contributed by atoms with Gasteiger partial charge in [-0.2, -0.15) is 16.5 Å². The number of benzene rings is 1. The smallest absolute Gasteiger partial charge is 0.324 e. The van der Waals surface area contributed by atoms with Crippen molar-refractivity contribution >= 4 is 27.8 Å². The Morgan fingerprint density at radius 3 is 2.55 bits per heavy atom. The van der Waals surface area contributed by atoms with Crippen LogP contribution in [0.15, 0.2) is 29.2 Å². The van der Waals surface area contributed by atoms with Crippen LogP contribution < -0.4 is 4.72 Å². The minimum Gasteiger partial charge on any atom is -0.462 e. The second kappa shape index (κ2) is 8.50. The number of rotatable bonds is 8. The van der Waals surface area contributed by atoms with Crippen LogP contribution in [-0.4, -0.2) is 38.5 Å². The van der Waals surface area contributed by atoms with Crippen LogP contribution in [0.1, 0.15) is 20.3 Å². The molecule has 0 spiro atoms. The molecule has 0 aromatic heterocycles. The maximum absolute atomic E-state index is 13.7. The summed E-state index contributed by atoms with van der Waals surface area (Å²) in [5, 5.41) is 0. The first-order valence-electron chi connectivity index (χ1n) is 6.74. The Morgan fingerprint density at radius 2 is 2.00 bits per heavy atom. The fraction of sp³-hybridized carbons (Fsp3) is 0.500. The van der Waals surface area contributed by atoms with Gasteiger partial charge in [-0.3, -0.25) is 4.79 Å². The number of halogens is 1. The molecule has 124 valence electrons. The molecule has 1 aromatic rings. The minimum atomic E-state index is -4.14. The molecule has 8 heteroatoms. The number of nitrogens with one attached hydrogen (secondary N) is 1. The number of carbonyl (C=O) groups is 1. The monoisotopic (exact) mass is 349 g/mol. The molecular weight excluding hydrogens is 329 g/mol. The first-order chi connectivity index (χ1) is 10.3. The van der Waals surface area contributed by atoms with Crippen LogP contribution in [0.5, 0.6) is 0 Å². The molecule has 0 aliphatic heterocycles. The molecule has 1 N–H and O–H groups in total. The molecule has 1 unspecified atom stereocenters. The third kappa shape index (κ3) is 5.58. The summed E-state index contributed by atoms with van der Waals surface area (Å²) >= 11 is 1.47. The van der Waals surface area contributed by atoms with Gasteiger partial charge in [0, 0.05) is 0 Å². The minimum absolute atomic E-state index is 0.264. The Balaban J connectivity index is 2.97. The van der Waals surface area contributed by atoms with Gasteiger partial charge in [-0.05, 0) is 44.4 Å². The van der Waals surface area contributed by atoms with E-state index in [1.54, 1.807) is 13.8 Å². The summed E-state index contributed by atoms with van der Waals surface area (Å²) in [7, 11) is -4.14. The molecule has 0 aliphatic rings. The number of sulfonamides is 1. The first kappa shape index (κ1) is 18.9. The maximum atomic E-state index is 13.7. The first-order valence-corrected chi connectivity index (χ1v) is 9.62. The summed E-state index contributed by atoms with van der Waals surface area (Å²) in [4.78, 5) is 11.5. The Morgan fingerprint density at radius 1 is 1.36 bits per heavy atom. The molecule has 22 heavy (non-hydrogen) atoms. The van der Waals surface area contributed by atoms with Crippen LogP contribution in [0.25, 0.3) is 0 Å². The van der Waals surface area contributed by atoms with Gasteiger partial charge < -0.3 is 4.74 Å². The van der Waals surface area contributed by atoms with Crippen molar-refractivity contribution in [1.29, 1.82) is 0 Å². The average molecular weight is 349 g/mol. The standard InChI is InChI=1S/C14H20FNO4S2/c1-10(2)20-14(17)12(8-9-21-3)16-22(18,19)13-7-5-4-6-11(13)15/h4-7,10,12,16H,8-9H2,1-3H3. The Kier molecular flexibility index (Phi) is 7.31. The maximum Gasteiger partial charge on any atom is 0.324 e. The Hall–Kier alpha value is -1.12. The van der Waals surface area contributed by atoms with E-state index in [1.807, 2.05) is 6.26 Å². The van der Waals surface area contributed by atoms with Gasteiger partial charge in [-0.25, -0.2) is 12.8 Å². The topological polar surface area (TPSA) is 72.5 Å². The summed E-state index contributed by atoms with van der Waals surface area (Å²) in [6.07, 6.45) is 1.75. The fourth-order valence-corrected chi connectivity index (χ4v) is 3.46. The van der Waals surface area contributed by atoms with E-state index in [2.05, 4.69) is 4.72 Å². The van der Waals surface area contributed by atoms with E-state index in [1.165, 1.54) is 23.9 Å². The lowest BCUT2D eigenvalue weighted by molar-refractivity contribution is -0.149. The highest BCUT2D eigenvalue weighted by atomic mass is 32.2. The molecule has 1 rings (SSSR count). The summed E-state index contributed by atoms with van der Waals surface area (Å²) in [6.45, 7) is 3.35. The van der Waals surface area contributed by atoms with Gasteiger partial charge in [0.15, 0.2) is 0 Å². The SMILES string of the molecule is CSCCC(NS(=O)(=O)c1ccccc1F)C(=O)OC(C)C. The van der Waals surface area contributed by atoms with Gasteiger partial charge in [0.05, 0.1) is 6.10 Å². The number of esters is 1. The summed E-state index contributed by atoms with van der Waals surface area (Å²) < 4.78 is 45.4. The quantitative estimate of drug-likeness (QED) is 0.728. The number of hydrogen-bond acceptors (Lipinski definition) is 5. The van der Waals surface area contributed by atoms with Crippen molar-refractivity contribution in [3.05, 3.63) is 30.1 Å². The van der Waals surface area contributed by atoms with Crippen molar-refractivity contribution in [3.63, 3.8) is 0 Å². The Labute approximate surface area is 134 Å². The van der Waals surface area contributed by atoms with E-state index in [9.17, 15) is 17.6 Å². The van der Waals surface area contributed by atoms with E-state index in [0.29, 0.717) is 5.75 Å². The molecule has 0 saturated carbocycles. The molecule has 5 nitrogen and oxygen atoms in total. The number of ether oxygens (including phenoxy) is 1. The largest absolute Gasteiger partial charge is 0.462 e. The van der Waals surface area contributed by atoms with Crippen molar-refractivity contribution < 1.29 is 22.3 Å². The lowest BCUT2D eigenvalue weighted by Gasteiger charge is -2.19. The highest BCUT2D eigenvalue weighted by Gasteiger charge is 2.28. The molecule has 0 aliphatic carbocycles.